The first-order valence-corrected chi connectivity index (χ1v) is 10.7. The highest BCUT2D eigenvalue weighted by molar-refractivity contribution is 7.99. The molecule has 146 valence electrons. The highest BCUT2D eigenvalue weighted by Crippen LogP contribution is 2.25. The normalized spacial score (nSPS) is 11.3. The van der Waals surface area contributed by atoms with Crippen molar-refractivity contribution in [3.8, 4) is 5.75 Å². The average Bonchev–Trinajstić information content (AvgIpc) is 2.60. The Hall–Kier alpha value is -1.36. The number of rotatable bonds is 8. The van der Waals surface area contributed by atoms with Crippen molar-refractivity contribution >= 4 is 40.9 Å². The highest BCUT2D eigenvalue weighted by atomic mass is 35.5. The van der Waals surface area contributed by atoms with Gasteiger partial charge in [0.2, 0.25) is 5.91 Å². The van der Waals surface area contributed by atoms with Crippen molar-refractivity contribution in [1.82, 2.24) is 5.32 Å². The molecule has 0 bridgehead atoms. The minimum Gasteiger partial charge on any atom is -0.492 e. The van der Waals surface area contributed by atoms with Crippen molar-refractivity contribution in [2.75, 3.05) is 18.9 Å². The van der Waals surface area contributed by atoms with Crippen LogP contribution in [0.4, 0.5) is 0 Å². The quantitative estimate of drug-likeness (QED) is 0.549. The maximum absolute atomic E-state index is 11.9. The van der Waals surface area contributed by atoms with Crippen molar-refractivity contribution in [1.29, 1.82) is 0 Å². The third-order valence-corrected chi connectivity index (χ3v) is 5.49. The van der Waals surface area contributed by atoms with Crippen LogP contribution in [0.1, 0.15) is 31.9 Å². The smallest absolute Gasteiger partial charge is 0.230 e. The fourth-order valence-electron chi connectivity index (χ4n) is 2.35. The lowest BCUT2D eigenvalue weighted by molar-refractivity contribution is -0.118. The lowest BCUT2D eigenvalue weighted by Crippen LogP contribution is -2.29. The van der Waals surface area contributed by atoms with Crippen LogP contribution in [0.25, 0.3) is 0 Å². The van der Waals surface area contributed by atoms with Crippen molar-refractivity contribution in [3.63, 3.8) is 0 Å². The summed E-state index contributed by atoms with van der Waals surface area (Å²) < 4.78 is 5.67. The van der Waals surface area contributed by atoms with Crippen LogP contribution >= 0.6 is 35.0 Å². The van der Waals surface area contributed by atoms with Gasteiger partial charge in [-0.1, -0.05) is 62.2 Å². The summed E-state index contributed by atoms with van der Waals surface area (Å²) in [6.45, 7) is 7.45. The van der Waals surface area contributed by atoms with E-state index in [-0.39, 0.29) is 11.3 Å². The van der Waals surface area contributed by atoms with E-state index in [4.69, 9.17) is 27.9 Å². The van der Waals surface area contributed by atoms with Crippen LogP contribution in [0, 0.1) is 0 Å². The highest BCUT2D eigenvalue weighted by Gasteiger charge is 2.13. The van der Waals surface area contributed by atoms with Gasteiger partial charge < -0.3 is 10.1 Å². The molecule has 0 saturated carbocycles. The molecule has 2 rings (SSSR count). The molecule has 0 aliphatic carbocycles. The molecule has 2 aromatic carbocycles. The molecule has 6 heteroatoms. The molecular formula is C21H25Cl2NO2S. The molecule has 1 N–H and O–H groups in total. The maximum Gasteiger partial charge on any atom is 0.230 e. The number of amides is 1. The van der Waals surface area contributed by atoms with Crippen LogP contribution in [0.15, 0.2) is 42.5 Å². The Balaban J connectivity index is 1.63. The molecule has 0 heterocycles. The first-order valence-electron chi connectivity index (χ1n) is 8.77. The van der Waals surface area contributed by atoms with Gasteiger partial charge in [0.1, 0.15) is 12.4 Å². The van der Waals surface area contributed by atoms with Gasteiger partial charge in [-0.05, 0) is 40.8 Å². The predicted octanol–water partition coefficient (Wildman–Crippen LogP) is 5.72. The lowest BCUT2D eigenvalue weighted by Gasteiger charge is -2.19. The number of thioether (sulfide) groups is 1. The third-order valence-electron chi connectivity index (χ3n) is 3.92. The van der Waals surface area contributed by atoms with Gasteiger partial charge in [0.05, 0.1) is 12.3 Å². The van der Waals surface area contributed by atoms with Crippen molar-refractivity contribution < 1.29 is 9.53 Å². The number of hydrogen-bond donors (Lipinski definition) is 1. The minimum absolute atomic E-state index is 0.0169. The molecule has 0 radical (unpaired) electrons. The van der Waals surface area contributed by atoms with E-state index >= 15 is 0 Å². The monoisotopic (exact) mass is 425 g/mol. The predicted molar refractivity (Wildman–Crippen MR) is 116 cm³/mol. The van der Waals surface area contributed by atoms with Crippen LogP contribution in [-0.2, 0) is 16.0 Å². The van der Waals surface area contributed by atoms with Gasteiger partial charge in [0.15, 0.2) is 0 Å². The largest absolute Gasteiger partial charge is 0.492 e. The minimum atomic E-state index is -0.0169. The molecule has 0 fully saturated rings. The van der Waals surface area contributed by atoms with E-state index in [1.807, 2.05) is 18.2 Å². The molecule has 0 atom stereocenters. The van der Waals surface area contributed by atoms with Gasteiger partial charge in [0.25, 0.3) is 0 Å². The fourth-order valence-corrected chi connectivity index (χ4v) is 3.77. The van der Waals surface area contributed by atoms with E-state index in [2.05, 4.69) is 38.2 Å². The number of hydrogen-bond acceptors (Lipinski definition) is 3. The summed E-state index contributed by atoms with van der Waals surface area (Å²) in [4.78, 5) is 11.9. The fraction of sp³-hybridized carbons (Fsp3) is 0.381. The summed E-state index contributed by atoms with van der Waals surface area (Å²) in [6.07, 6.45) is 0. The van der Waals surface area contributed by atoms with Crippen molar-refractivity contribution in [2.45, 2.75) is 31.9 Å². The number of carbonyl (C=O) groups is 1. The Morgan fingerprint density at radius 3 is 2.44 bits per heavy atom. The summed E-state index contributed by atoms with van der Waals surface area (Å²) in [7, 11) is 0. The molecule has 3 nitrogen and oxygen atoms in total. The van der Waals surface area contributed by atoms with E-state index in [1.165, 1.54) is 17.3 Å². The van der Waals surface area contributed by atoms with Gasteiger partial charge in [-0.3, -0.25) is 4.79 Å². The van der Waals surface area contributed by atoms with Gasteiger partial charge in [-0.2, -0.15) is 0 Å². The van der Waals surface area contributed by atoms with E-state index in [0.29, 0.717) is 34.7 Å². The van der Waals surface area contributed by atoms with E-state index in [1.54, 1.807) is 12.1 Å². The maximum atomic E-state index is 11.9. The molecule has 27 heavy (non-hydrogen) atoms. The third kappa shape index (κ3) is 7.65. The van der Waals surface area contributed by atoms with Gasteiger partial charge >= 0.3 is 0 Å². The van der Waals surface area contributed by atoms with Gasteiger partial charge in [-0.15, -0.1) is 11.8 Å². The number of carbonyl (C=O) groups excluding carboxylic acids is 1. The Kier molecular flexibility index (Phi) is 8.33. The summed E-state index contributed by atoms with van der Waals surface area (Å²) in [6, 6.07) is 13.5. The Morgan fingerprint density at radius 1 is 1.11 bits per heavy atom. The standard InChI is InChI=1S/C21H25Cl2NO2S/c1-21(2,3)16-5-8-18(9-6-16)26-11-10-24-20(25)14-27-13-15-4-7-17(22)12-19(15)23/h4-9,12H,10-11,13-14H2,1-3H3,(H,24,25). The van der Waals surface area contributed by atoms with E-state index in [9.17, 15) is 4.79 Å². The SMILES string of the molecule is CC(C)(C)c1ccc(OCCNC(=O)CSCc2ccc(Cl)cc2Cl)cc1. The molecule has 0 spiro atoms. The Morgan fingerprint density at radius 2 is 1.81 bits per heavy atom. The van der Waals surface area contributed by atoms with E-state index < -0.39 is 0 Å². The zero-order valence-corrected chi connectivity index (χ0v) is 18.2. The molecular weight excluding hydrogens is 401 g/mol. The summed E-state index contributed by atoms with van der Waals surface area (Å²) >= 11 is 13.5. The molecule has 1 amide bonds. The second-order valence-electron chi connectivity index (χ2n) is 7.20. The van der Waals surface area contributed by atoms with Crippen LogP contribution < -0.4 is 10.1 Å². The summed E-state index contributed by atoms with van der Waals surface area (Å²) in [5, 5.41) is 4.10. The topological polar surface area (TPSA) is 38.3 Å². The average molecular weight is 426 g/mol. The van der Waals surface area contributed by atoms with Gasteiger partial charge in [0, 0.05) is 15.8 Å². The number of halogens is 2. The Bertz CT molecular complexity index is 758. The number of benzene rings is 2. The van der Waals surface area contributed by atoms with Crippen molar-refractivity contribution in [3.05, 3.63) is 63.6 Å². The van der Waals surface area contributed by atoms with Crippen LogP contribution in [-0.4, -0.2) is 24.8 Å². The molecule has 0 aliphatic heterocycles. The molecule has 0 unspecified atom stereocenters. The molecule has 2 aromatic rings. The lowest BCUT2D eigenvalue weighted by atomic mass is 9.87. The second-order valence-corrected chi connectivity index (χ2v) is 9.03. The molecule has 0 aromatic heterocycles. The zero-order chi connectivity index (χ0) is 19.9. The Labute approximate surface area is 175 Å². The molecule has 0 aliphatic rings. The number of nitrogens with one attached hydrogen (secondary N) is 1. The van der Waals surface area contributed by atoms with Crippen LogP contribution in [0.2, 0.25) is 10.0 Å². The summed E-state index contributed by atoms with van der Waals surface area (Å²) in [5.41, 5.74) is 2.36. The van der Waals surface area contributed by atoms with Crippen LogP contribution in [0.5, 0.6) is 5.75 Å². The number of ether oxygens (including phenoxy) is 1. The zero-order valence-electron chi connectivity index (χ0n) is 15.9. The van der Waals surface area contributed by atoms with E-state index in [0.717, 1.165) is 11.3 Å². The van der Waals surface area contributed by atoms with Crippen LogP contribution in [0.3, 0.4) is 0 Å². The first kappa shape index (κ1) is 21.9. The summed E-state index contributed by atoms with van der Waals surface area (Å²) in [5.74, 6) is 1.83. The van der Waals surface area contributed by atoms with Crippen molar-refractivity contribution in [2.24, 2.45) is 0 Å². The van der Waals surface area contributed by atoms with Gasteiger partial charge in [-0.25, -0.2) is 0 Å². The molecule has 0 saturated heterocycles. The first-order chi connectivity index (χ1) is 12.8. The second kappa shape index (κ2) is 10.3.